The highest BCUT2D eigenvalue weighted by molar-refractivity contribution is 5.74. The lowest BCUT2D eigenvalue weighted by Gasteiger charge is -2.30. The van der Waals surface area contributed by atoms with Crippen molar-refractivity contribution in [2.45, 2.75) is 58.4 Å². The van der Waals surface area contributed by atoms with Crippen LogP contribution in [0.5, 0.6) is 11.5 Å². The summed E-state index contributed by atoms with van der Waals surface area (Å²) in [5.74, 6) is -0.650. The number of para-hydroxylation sites is 2. The van der Waals surface area contributed by atoms with Crippen LogP contribution in [0.4, 0.5) is 31.1 Å². The molecular formula is C32H31F6NO4. The maximum atomic E-state index is 13.5. The average molecular weight is 608 g/mol. The molecule has 3 aromatic rings. The molecule has 1 heterocycles. The first kappa shape index (κ1) is 31.8. The second-order valence-corrected chi connectivity index (χ2v) is 11.0. The third-order valence-electron chi connectivity index (χ3n) is 6.54. The molecule has 0 bridgehead atoms. The van der Waals surface area contributed by atoms with E-state index in [-0.39, 0.29) is 31.3 Å². The van der Waals surface area contributed by atoms with Gasteiger partial charge in [0.1, 0.15) is 30.3 Å². The van der Waals surface area contributed by atoms with E-state index in [4.69, 9.17) is 14.2 Å². The highest BCUT2D eigenvalue weighted by Gasteiger charge is 2.35. The quantitative estimate of drug-likeness (QED) is 0.252. The van der Waals surface area contributed by atoms with Crippen LogP contribution in [0.25, 0.3) is 5.57 Å². The lowest BCUT2D eigenvalue weighted by atomic mass is 9.93. The summed E-state index contributed by atoms with van der Waals surface area (Å²) in [6, 6.07) is 14.8. The molecule has 1 aliphatic rings. The fourth-order valence-corrected chi connectivity index (χ4v) is 4.51. The summed E-state index contributed by atoms with van der Waals surface area (Å²) < 4.78 is 97.5. The Morgan fingerprint density at radius 2 is 1.35 bits per heavy atom. The first-order valence-electron chi connectivity index (χ1n) is 13.5. The fourth-order valence-electron chi connectivity index (χ4n) is 4.51. The first-order valence-corrected chi connectivity index (χ1v) is 13.5. The van der Waals surface area contributed by atoms with Gasteiger partial charge in [-0.25, -0.2) is 4.79 Å². The number of carbonyl (C=O) groups is 1. The third-order valence-corrected chi connectivity index (χ3v) is 6.54. The Hall–Kier alpha value is -4.15. The largest absolute Gasteiger partial charge is 0.488 e. The SMILES string of the molecule is CC(C)(C)OC(=O)N1CC=C(c2cc(COc3ccccc3C(F)(F)F)ccc2COc2ccccc2C(F)(F)F)CC1. The van der Waals surface area contributed by atoms with Crippen LogP contribution in [0, 0.1) is 0 Å². The topological polar surface area (TPSA) is 48.0 Å². The molecule has 3 aromatic carbocycles. The summed E-state index contributed by atoms with van der Waals surface area (Å²) in [7, 11) is 0. The van der Waals surface area contributed by atoms with E-state index in [2.05, 4.69) is 0 Å². The van der Waals surface area contributed by atoms with Gasteiger partial charge in [-0.2, -0.15) is 26.3 Å². The van der Waals surface area contributed by atoms with Crippen LogP contribution >= 0.6 is 0 Å². The normalized spacial score (nSPS) is 14.3. The number of halogens is 6. The Labute approximate surface area is 245 Å². The number of ether oxygens (including phenoxy) is 3. The minimum Gasteiger partial charge on any atom is -0.488 e. The highest BCUT2D eigenvalue weighted by Crippen LogP contribution is 2.38. The minimum atomic E-state index is -4.61. The number of hydrogen-bond donors (Lipinski definition) is 0. The number of rotatable bonds is 7. The minimum absolute atomic E-state index is 0.185. The van der Waals surface area contributed by atoms with E-state index in [1.165, 1.54) is 41.3 Å². The van der Waals surface area contributed by atoms with E-state index in [0.29, 0.717) is 29.7 Å². The zero-order valence-corrected chi connectivity index (χ0v) is 23.8. The molecule has 5 nitrogen and oxygen atoms in total. The Morgan fingerprint density at radius 1 is 0.791 bits per heavy atom. The van der Waals surface area contributed by atoms with Crippen LogP contribution in [0.1, 0.15) is 55.0 Å². The van der Waals surface area contributed by atoms with Gasteiger partial charge in [0.15, 0.2) is 0 Å². The molecule has 0 atom stereocenters. The summed E-state index contributed by atoms with van der Waals surface area (Å²) in [4.78, 5) is 14.1. The van der Waals surface area contributed by atoms with Crippen LogP contribution in [0.2, 0.25) is 0 Å². The van der Waals surface area contributed by atoms with Gasteiger partial charge in [0.2, 0.25) is 0 Å². The van der Waals surface area contributed by atoms with Gasteiger partial charge < -0.3 is 19.1 Å². The number of amides is 1. The van der Waals surface area contributed by atoms with Crippen molar-refractivity contribution >= 4 is 11.7 Å². The van der Waals surface area contributed by atoms with Crippen molar-refractivity contribution in [1.29, 1.82) is 0 Å². The maximum Gasteiger partial charge on any atom is 0.419 e. The molecule has 0 aromatic heterocycles. The van der Waals surface area contributed by atoms with E-state index in [1.807, 2.05) is 6.08 Å². The van der Waals surface area contributed by atoms with Crippen LogP contribution < -0.4 is 9.47 Å². The zero-order valence-electron chi connectivity index (χ0n) is 23.8. The van der Waals surface area contributed by atoms with Gasteiger partial charge in [-0.15, -0.1) is 0 Å². The number of benzene rings is 3. The standard InChI is InChI=1S/C32H31F6NO4/c1-30(2,3)43-29(40)39-16-14-22(15-17-39)24-18-21(19-41-27-10-6-4-8-25(27)31(33,34)35)12-13-23(24)20-42-28-11-7-5-9-26(28)32(36,37)38/h4-14,18H,15-17,19-20H2,1-3H3. The lowest BCUT2D eigenvalue weighted by molar-refractivity contribution is -0.139. The summed E-state index contributed by atoms with van der Waals surface area (Å²) in [5.41, 5.74) is 0.0709. The van der Waals surface area contributed by atoms with Crippen LogP contribution in [-0.2, 0) is 30.3 Å². The number of nitrogens with zero attached hydrogens (tertiary/aromatic N) is 1. The summed E-state index contributed by atoms with van der Waals surface area (Å²) in [5, 5.41) is 0. The van der Waals surface area contributed by atoms with Crippen molar-refractivity contribution < 1.29 is 45.3 Å². The molecule has 0 aliphatic carbocycles. The van der Waals surface area contributed by atoms with Crippen molar-refractivity contribution in [2.24, 2.45) is 0 Å². The third kappa shape index (κ3) is 8.46. The van der Waals surface area contributed by atoms with Gasteiger partial charge >= 0.3 is 18.4 Å². The average Bonchev–Trinajstić information content (AvgIpc) is 2.93. The Balaban J connectivity index is 1.61. The molecule has 4 rings (SSSR count). The molecule has 0 spiro atoms. The van der Waals surface area contributed by atoms with Crippen molar-refractivity contribution in [3.8, 4) is 11.5 Å². The number of alkyl halides is 6. The van der Waals surface area contributed by atoms with E-state index in [9.17, 15) is 31.1 Å². The van der Waals surface area contributed by atoms with Crippen molar-refractivity contribution in [2.75, 3.05) is 13.1 Å². The van der Waals surface area contributed by atoms with Gasteiger partial charge in [-0.05, 0) is 79.8 Å². The predicted molar refractivity (Wildman–Crippen MR) is 148 cm³/mol. The highest BCUT2D eigenvalue weighted by atomic mass is 19.4. The van der Waals surface area contributed by atoms with E-state index < -0.39 is 35.2 Å². The molecule has 230 valence electrons. The smallest absolute Gasteiger partial charge is 0.419 e. The van der Waals surface area contributed by atoms with Gasteiger partial charge in [0, 0.05) is 13.1 Å². The number of carbonyl (C=O) groups excluding carboxylic acids is 1. The first-order chi connectivity index (χ1) is 20.1. The molecule has 0 saturated carbocycles. The van der Waals surface area contributed by atoms with Crippen LogP contribution in [0.15, 0.2) is 72.8 Å². The Kier molecular flexibility index (Phi) is 9.32. The molecule has 43 heavy (non-hydrogen) atoms. The van der Waals surface area contributed by atoms with Crippen molar-refractivity contribution in [1.82, 2.24) is 4.90 Å². The molecule has 1 amide bonds. The monoisotopic (exact) mass is 607 g/mol. The van der Waals surface area contributed by atoms with E-state index in [1.54, 1.807) is 39.0 Å². The second-order valence-electron chi connectivity index (χ2n) is 11.0. The summed E-state index contributed by atoms with van der Waals surface area (Å²) in [6.07, 6.45) is -7.44. The van der Waals surface area contributed by atoms with Crippen LogP contribution in [-0.4, -0.2) is 29.7 Å². The van der Waals surface area contributed by atoms with Crippen LogP contribution in [0.3, 0.4) is 0 Å². The Bertz CT molecular complexity index is 1470. The Morgan fingerprint density at radius 3 is 1.86 bits per heavy atom. The second kappa shape index (κ2) is 12.6. The molecule has 0 N–H and O–H groups in total. The van der Waals surface area contributed by atoms with Gasteiger partial charge in [-0.3, -0.25) is 0 Å². The van der Waals surface area contributed by atoms with E-state index >= 15 is 0 Å². The lowest BCUT2D eigenvalue weighted by Crippen LogP contribution is -2.39. The predicted octanol–water partition coefficient (Wildman–Crippen LogP) is 8.91. The summed E-state index contributed by atoms with van der Waals surface area (Å²) >= 11 is 0. The zero-order chi connectivity index (χ0) is 31.4. The molecule has 0 unspecified atom stereocenters. The fraction of sp³-hybridized carbons (Fsp3) is 0.344. The molecule has 0 fully saturated rings. The molecule has 1 aliphatic heterocycles. The molecule has 0 radical (unpaired) electrons. The van der Waals surface area contributed by atoms with Gasteiger partial charge in [0.05, 0.1) is 11.1 Å². The van der Waals surface area contributed by atoms with Crippen molar-refractivity contribution in [3.05, 3.63) is 101 Å². The van der Waals surface area contributed by atoms with Crippen molar-refractivity contribution in [3.63, 3.8) is 0 Å². The van der Waals surface area contributed by atoms with E-state index in [0.717, 1.165) is 17.7 Å². The molecule has 0 saturated heterocycles. The van der Waals surface area contributed by atoms with Gasteiger partial charge in [0.25, 0.3) is 0 Å². The maximum absolute atomic E-state index is 13.5. The summed E-state index contributed by atoms with van der Waals surface area (Å²) in [6.45, 7) is 5.47. The molecule has 11 heteroatoms. The molecular weight excluding hydrogens is 576 g/mol. The number of hydrogen-bond acceptors (Lipinski definition) is 4. The van der Waals surface area contributed by atoms with Gasteiger partial charge in [-0.1, -0.05) is 42.5 Å².